The van der Waals surface area contributed by atoms with Crippen molar-refractivity contribution in [2.24, 2.45) is 5.92 Å². The van der Waals surface area contributed by atoms with Gasteiger partial charge in [-0.3, -0.25) is 4.79 Å². The Balaban J connectivity index is 2.79. The zero-order chi connectivity index (χ0) is 16.9. The molecule has 0 saturated carbocycles. The van der Waals surface area contributed by atoms with E-state index in [2.05, 4.69) is 10.1 Å². The van der Waals surface area contributed by atoms with Gasteiger partial charge in [0.2, 0.25) is 5.91 Å². The lowest BCUT2D eigenvalue weighted by Crippen LogP contribution is -2.24. The van der Waals surface area contributed by atoms with Crippen molar-refractivity contribution < 1.29 is 32.2 Å². The Morgan fingerprint density at radius 1 is 1.36 bits per heavy atom. The summed E-state index contributed by atoms with van der Waals surface area (Å²) in [5.74, 6) is -1.85. The molecule has 0 spiro atoms. The molecule has 4 nitrogen and oxygen atoms in total. The lowest BCUT2D eigenvalue weighted by molar-refractivity contribution is -0.153. The van der Waals surface area contributed by atoms with E-state index in [4.69, 9.17) is 0 Å². The summed E-state index contributed by atoms with van der Waals surface area (Å²) in [5.41, 5.74) is -0.217. The molecule has 0 heterocycles. The fourth-order valence-electron chi connectivity index (χ4n) is 1.51. The van der Waals surface area contributed by atoms with Crippen LogP contribution in [0.25, 0.3) is 0 Å². The number of carbonyl (C=O) groups excluding carboxylic acids is 1. The molecule has 1 atom stereocenters. The van der Waals surface area contributed by atoms with Crippen molar-refractivity contribution in [3.8, 4) is 5.75 Å². The molecule has 0 radical (unpaired) electrons. The molecule has 22 heavy (non-hydrogen) atoms. The molecule has 0 bridgehead atoms. The molecule has 1 amide bonds. The zero-order valence-electron chi connectivity index (χ0n) is 12.1. The number of ether oxygens (including phenoxy) is 1. The number of aliphatic hydroxyl groups excluding tert-OH is 1. The van der Waals surface area contributed by atoms with E-state index < -0.39 is 30.6 Å². The SMILES string of the molecule is CC(C)C(O)CC(=O)Nc1cc(F)ccc1OCC(F)(F)F. The quantitative estimate of drug-likeness (QED) is 0.791. The summed E-state index contributed by atoms with van der Waals surface area (Å²) in [5, 5.41) is 11.8. The predicted octanol–water partition coefficient (Wildman–Crippen LogP) is 3.11. The van der Waals surface area contributed by atoms with Gasteiger partial charge in [0.05, 0.1) is 18.2 Å². The number of aliphatic hydroxyl groups is 1. The van der Waals surface area contributed by atoms with E-state index in [1.54, 1.807) is 13.8 Å². The van der Waals surface area contributed by atoms with Crippen molar-refractivity contribution in [2.45, 2.75) is 32.5 Å². The Morgan fingerprint density at radius 2 is 2.00 bits per heavy atom. The Labute approximate surface area is 125 Å². The molecule has 1 aromatic rings. The lowest BCUT2D eigenvalue weighted by atomic mass is 10.0. The summed E-state index contributed by atoms with van der Waals surface area (Å²) in [4.78, 5) is 11.7. The van der Waals surface area contributed by atoms with E-state index in [1.165, 1.54) is 0 Å². The lowest BCUT2D eigenvalue weighted by Gasteiger charge is -2.16. The van der Waals surface area contributed by atoms with Gasteiger partial charge in [0, 0.05) is 6.07 Å². The highest BCUT2D eigenvalue weighted by Crippen LogP contribution is 2.28. The van der Waals surface area contributed by atoms with Crippen LogP contribution in [-0.2, 0) is 4.79 Å². The number of carbonyl (C=O) groups is 1. The summed E-state index contributed by atoms with van der Waals surface area (Å²) in [6.45, 7) is 1.85. The third-order valence-electron chi connectivity index (χ3n) is 2.77. The van der Waals surface area contributed by atoms with Gasteiger partial charge in [-0.05, 0) is 18.1 Å². The molecule has 0 aromatic heterocycles. The van der Waals surface area contributed by atoms with Crippen LogP contribution >= 0.6 is 0 Å². The first-order valence-electron chi connectivity index (χ1n) is 6.55. The number of nitrogens with one attached hydrogen (secondary N) is 1. The molecular formula is C14H17F4NO3. The van der Waals surface area contributed by atoms with E-state index in [1.807, 2.05) is 0 Å². The first kappa shape index (κ1) is 18.2. The van der Waals surface area contributed by atoms with Crippen LogP contribution in [-0.4, -0.2) is 29.9 Å². The largest absolute Gasteiger partial charge is 0.482 e. The Kier molecular flexibility index (Phi) is 6.16. The van der Waals surface area contributed by atoms with Gasteiger partial charge in [-0.1, -0.05) is 13.8 Å². The second-order valence-corrected chi connectivity index (χ2v) is 5.11. The summed E-state index contributed by atoms with van der Waals surface area (Å²) in [6, 6.07) is 2.77. The van der Waals surface area contributed by atoms with Crippen LogP contribution in [0.3, 0.4) is 0 Å². The molecule has 0 aliphatic carbocycles. The number of rotatable bonds is 6. The van der Waals surface area contributed by atoms with E-state index in [0.717, 1.165) is 18.2 Å². The minimum atomic E-state index is -4.55. The third-order valence-corrected chi connectivity index (χ3v) is 2.77. The number of amides is 1. The molecule has 8 heteroatoms. The first-order chi connectivity index (χ1) is 10.1. The second-order valence-electron chi connectivity index (χ2n) is 5.11. The van der Waals surface area contributed by atoms with E-state index in [0.29, 0.717) is 0 Å². The molecule has 1 unspecified atom stereocenters. The average Bonchev–Trinajstić information content (AvgIpc) is 2.36. The van der Waals surface area contributed by atoms with Gasteiger partial charge >= 0.3 is 6.18 Å². The molecule has 0 fully saturated rings. The number of halogens is 4. The smallest absolute Gasteiger partial charge is 0.422 e. The van der Waals surface area contributed by atoms with Crippen LogP contribution in [0.4, 0.5) is 23.2 Å². The van der Waals surface area contributed by atoms with Gasteiger partial charge in [-0.2, -0.15) is 13.2 Å². The fraction of sp³-hybridized carbons (Fsp3) is 0.500. The predicted molar refractivity (Wildman–Crippen MR) is 72.0 cm³/mol. The molecule has 124 valence electrons. The Morgan fingerprint density at radius 3 is 2.55 bits per heavy atom. The Bertz CT molecular complexity index is 517. The van der Waals surface area contributed by atoms with Gasteiger partial charge in [-0.25, -0.2) is 4.39 Å². The molecule has 1 aromatic carbocycles. The Hall–Kier alpha value is -1.83. The second kappa shape index (κ2) is 7.44. The fourth-order valence-corrected chi connectivity index (χ4v) is 1.51. The number of hydrogen-bond acceptors (Lipinski definition) is 3. The molecular weight excluding hydrogens is 306 g/mol. The van der Waals surface area contributed by atoms with Crippen molar-refractivity contribution in [1.29, 1.82) is 0 Å². The highest BCUT2D eigenvalue weighted by atomic mass is 19.4. The van der Waals surface area contributed by atoms with Gasteiger partial charge in [0.15, 0.2) is 6.61 Å². The maximum atomic E-state index is 13.2. The van der Waals surface area contributed by atoms with E-state index >= 15 is 0 Å². The van der Waals surface area contributed by atoms with Crippen LogP contribution in [0.2, 0.25) is 0 Å². The molecule has 0 aliphatic heterocycles. The van der Waals surface area contributed by atoms with Gasteiger partial charge in [0.1, 0.15) is 11.6 Å². The maximum absolute atomic E-state index is 13.2. The number of hydrogen-bond donors (Lipinski definition) is 2. The molecule has 0 saturated heterocycles. The normalized spacial score (nSPS) is 13.1. The van der Waals surface area contributed by atoms with E-state index in [-0.39, 0.29) is 23.8 Å². The monoisotopic (exact) mass is 323 g/mol. The van der Waals surface area contributed by atoms with Crippen LogP contribution in [0.15, 0.2) is 18.2 Å². The van der Waals surface area contributed by atoms with Crippen molar-refractivity contribution >= 4 is 11.6 Å². The van der Waals surface area contributed by atoms with Crippen LogP contribution < -0.4 is 10.1 Å². The number of alkyl halides is 3. The van der Waals surface area contributed by atoms with Crippen LogP contribution in [0, 0.1) is 11.7 Å². The standard InChI is InChI=1S/C14H17F4NO3/c1-8(2)11(20)6-13(21)19-10-5-9(15)3-4-12(10)22-7-14(16,17)18/h3-5,8,11,20H,6-7H2,1-2H3,(H,19,21). The molecule has 0 aliphatic rings. The topological polar surface area (TPSA) is 58.6 Å². The van der Waals surface area contributed by atoms with E-state index in [9.17, 15) is 27.5 Å². The van der Waals surface area contributed by atoms with Gasteiger partial charge < -0.3 is 15.2 Å². The summed E-state index contributed by atoms with van der Waals surface area (Å²) < 4.78 is 54.2. The van der Waals surface area contributed by atoms with Crippen molar-refractivity contribution in [1.82, 2.24) is 0 Å². The number of anilines is 1. The zero-order valence-corrected chi connectivity index (χ0v) is 12.1. The maximum Gasteiger partial charge on any atom is 0.422 e. The highest BCUT2D eigenvalue weighted by Gasteiger charge is 2.29. The van der Waals surface area contributed by atoms with Gasteiger partial charge in [-0.15, -0.1) is 0 Å². The minimum absolute atomic E-state index is 0.167. The summed E-state index contributed by atoms with van der Waals surface area (Å²) in [7, 11) is 0. The number of benzene rings is 1. The van der Waals surface area contributed by atoms with Crippen molar-refractivity contribution in [3.05, 3.63) is 24.0 Å². The van der Waals surface area contributed by atoms with Crippen LogP contribution in [0.5, 0.6) is 5.75 Å². The highest BCUT2D eigenvalue weighted by molar-refractivity contribution is 5.92. The first-order valence-corrected chi connectivity index (χ1v) is 6.55. The summed E-state index contributed by atoms with van der Waals surface area (Å²) >= 11 is 0. The van der Waals surface area contributed by atoms with Gasteiger partial charge in [0.25, 0.3) is 0 Å². The van der Waals surface area contributed by atoms with Crippen molar-refractivity contribution in [3.63, 3.8) is 0 Å². The summed E-state index contributed by atoms with van der Waals surface area (Å²) in [6.07, 6.45) is -5.72. The van der Waals surface area contributed by atoms with Crippen molar-refractivity contribution in [2.75, 3.05) is 11.9 Å². The average molecular weight is 323 g/mol. The third kappa shape index (κ3) is 6.30. The molecule has 2 N–H and O–H groups in total. The minimum Gasteiger partial charge on any atom is -0.482 e. The van der Waals surface area contributed by atoms with Crippen LogP contribution in [0.1, 0.15) is 20.3 Å². The molecule has 1 rings (SSSR count).